The van der Waals surface area contributed by atoms with Crippen molar-refractivity contribution in [1.82, 2.24) is 0 Å². The van der Waals surface area contributed by atoms with Crippen LogP contribution in [0.15, 0.2) is 30.0 Å². The average molecular weight is 359 g/mol. The maximum Gasteiger partial charge on any atom is 0.173 e. The molecule has 4 N–H and O–H groups in total. The maximum atomic E-state index is 11.3. The highest BCUT2D eigenvalue weighted by Gasteiger charge is 2.66. The fourth-order valence-electron chi connectivity index (χ4n) is 5.49. The van der Waals surface area contributed by atoms with Crippen molar-refractivity contribution in [2.24, 2.45) is 23.7 Å². The standard InChI is InChI=1S/C21H29NO4/c1-12(2)17-10-20-13(3)4-6-16(20)14(9-21(17,25)26-20)11-22-15-5-7-18(23)19(24)8-15/h5,7-8,11-13,16-17,22-25H,4,6,9-10H2,1-3H3/b14-11+. The van der Waals surface area contributed by atoms with Gasteiger partial charge in [0.25, 0.3) is 0 Å². The Morgan fingerprint density at radius 1 is 1.23 bits per heavy atom. The molecule has 26 heavy (non-hydrogen) atoms. The molecule has 5 atom stereocenters. The molecular formula is C21H29NO4. The lowest BCUT2D eigenvalue weighted by Gasteiger charge is -2.44. The minimum absolute atomic E-state index is 0.134. The van der Waals surface area contributed by atoms with Crippen LogP contribution in [0.5, 0.6) is 11.5 Å². The van der Waals surface area contributed by atoms with E-state index in [0.717, 1.165) is 19.3 Å². The predicted octanol–water partition coefficient (Wildman–Crippen LogP) is 3.96. The van der Waals surface area contributed by atoms with Crippen LogP contribution in [0.4, 0.5) is 5.69 Å². The van der Waals surface area contributed by atoms with Gasteiger partial charge in [-0.05, 0) is 48.8 Å². The highest BCUT2D eigenvalue weighted by Crippen LogP contribution is 2.64. The van der Waals surface area contributed by atoms with Gasteiger partial charge in [-0.1, -0.05) is 20.8 Å². The van der Waals surface area contributed by atoms with E-state index in [9.17, 15) is 15.3 Å². The van der Waals surface area contributed by atoms with Crippen molar-refractivity contribution in [3.8, 4) is 11.5 Å². The first kappa shape index (κ1) is 17.7. The fraction of sp³-hybridized carbons (Fsp3) is 0.619. The van der Waals surface area contributed by atoms with Crippen LogP contribution < -0.4 is 5.32 Å². The van der Waals surface area contributed by atoms with Crippen LogP contribution in [-0.2, 0) is 4.74 Å². The lowest BCUT2D eigenvalue weighted by Crippen LogP contribution is -2.49. The molecule has 0 amide bonds. The summed E-state index contributed by atoms with van der Waals surface area (Å²) in [4.78, 5) is 0. The van der Waals surface area contributed by atoms with Gasteiger partial charge in [-0.15, -0.1) is 0 Å². The molecule has 0 aromatic heterocycles. The van der Waals surface area contributed by atoms with E-state index >= 15 is 0 Å². The lowest BCUT2D eigenvalue weighted by molar-refractivity contribution is -0.269. The third-order valence-electron chi connectivity index (χ3n) is 6.91. The molecule has 1 saturated carbocycles. The van der Waals surface area contributed by atoms with Crippen molar-refractivity contribution in [3.63, 3.8) is 0 Å². The van der Waals surface area contributed by atoms with Crippen LogP contribution in [0.1, 0.15) is 46.5 Å². The molecule has 3 fully saturated rings. The van der Waals surface area contributed by atoms with Crippen LogP contribution in [0.3, 0.4) is 0 Å². The number of phenolic OH excluding ortho intramolecular Hbond substituents is 2. The third-order valence-corrected chi connectivity index (χ3v) is 6.91. The second kappa shape index (κ2) is 5.89. The molecular weight excluding hydrogens is 330 g/mol. The summed E-state index contributed by atoms with van der Waals surface area (Å²) in [6.07, 6.45) is 5.61. The molecule has 2 saturated heterocycles. The molecule has 1 aromatic rings. The molecule has 1 aromatic carbocycles. The lowest BCUT2D eigenvalue weighted by atomic mass is 9.77. The number of hydrogen-bond acceptors (Lipinski definition) is 5. The van der Waals surface area contributed by atoms with Crippen LogP contribution in [0.25, 0.3) is 0 Å². The molecule has 5 nitrogen and oxygen atoms in total. The Morgan fingerprint density at radius 2 is 2.00 bits per heavy atom. The first-order valence-electron chi connectivity index (χ1n) is 9.65. The van der Waals surface area contributed by atoms with Gasteiger partial charge in [-0.3, -0.25) is 0 Å². The first-order chi connectivity index (χ1) is 12.2. The summed E-state index contributed by atoms with van der Waals surface area (Å²) in [6.45, 7) is 6.58. The molecule has 2 heterocycles. The van der Waals surface area contributed by atoms with E-state index in [1.165, 1.54) is 17.7 Å². The van der Waals surface area contributed by atoms with Gasteiger partial charge in [0.05, 0.1) is 5.60 Å². The van der Waals surface area contributed by atoms with E-state index in [-0.39, 0.29) is 23.0 Å². The van der Waals surface area contributed by atoms with Crippen LogP contribution >= 0.6 is 0 Å². The Labute approximate surface area is 154 Å². The number of benzene rings is 1. The molecule has 5 heteroatoms. The summed E-state index contributed by atoms with van der Waals surface area (Å²) in [6, 6.07) is 4.68. The van der Waals surface area contributed by atoms with Gasteiger partial charge in [0, 0.05) is 36.2 Å². The molecule has 0 radical (unpaired) electrons. The Bertz CT molecular complexity index is 746. The summed E-state index contributed by atoms with van der Waals surface area (Å²) >= 11 is 0. The summed E-state index contributed by atoms with van der Waals surface area (Å²) in [5.41, 5.74) is 1.64. The minimum atomic E-state index is -1.09. The number of hydrogen-bond donors (Lipinski definition) is 4. The molecule has 4 rings (SSSR count). The second-order valence-corrected chi connectivity index (χ2v) is 8.73. The largest absolute Gasteiger partial charge is 0.504 e. The summed E-state index contributed by atoms with van der Waals surface area (Å²) in [5.74, 6) is -0.101. The highest BCUT2D eigenvalue weighted by atomic mass is 16.6. The number of fused-ring (bicyclic) bond motifs is 1. The number of anilines is 1. The molecule has 5 unspecified atom stereocenters. The van der Waals surface area contributed by atoms with Gasteiger partial charge >= 0.3 is 0 Å². The van der Waals surface area contributed by atoms with Crippen molar-refractivity contribution in [1.29, 1.82) is 0 Å². The van der Waals surface area contributed by atoms with Crippen LogP contribution in [0.2, 0.25) is 0 Å². The van der Waals surface area contributed by atoms with Crippen molar-refractivity contribution in [2.75, 3.05) is 5.32 Å². The molecule has 1 aliphatic carbocycles. The Hall–Kier alpha value is -1.72. The third kappa shape index (κ3) is 2.52. The van der Waals surface area contributed by atoms with E-state index in [2.05, 4.69) is 26.1 Å². The topological polar surface area (TPSA) is 82.0 Å². The molecule has 2 bridgehead atoms. The second-order valence-electron chi connectivity index (χ2n) is 8.73. The van der Waals surface area contributed by atoms with Gasteiger partial charge < -0.3 is 25.4 Å². The quantitative estimate of drug-likeness (QED) is 0.485. The highest BCUT2D eigenvalue weighted by molar-refractivity contribution is 5.55. The zero-order valence-corrected chi connectivity index (χ0v) is 15.7. The fourth-order valence-corrected chi connectivity index (χ4v) is 5.49. The van der Waals surface area contributed by atoms with Crippen molar-refractivity contribution >= 4 is 5.69 Å². The number of phenols is 2. The van der Waals surface area contributed by atoms with Gasteiger partial charge in [-0.25, -0.2) is 0 Å². The van der Waals surface area contributed by atoms with Crippen molar-refractivity contribution < 1.29 is 20.1 Å². The van der Waals surface area contributed by atoms with Gasteiger partial charge in [0.2, 0.25) is 0 Å². The van der Waals surface area contributed by atoms with E-state index in [0.29, 0.717) is 29.9 Å². The zero-order valence-electron chi connectivity index (χ0n) is 15.7. The minimum Gasteiger partial charge on any atom is -0.504 e. The number of aliphatic hydroxyl groups is 1. The van der Waals surface area contributed by atoms with Crippen LogP contribution in [-0.4, -0.2) is 26.7 Å². The molecule has 3 aliphatic rings. The van der Waals surface area contributed by atoms with E-state index in [1.54, 1.807) is 6.07 Å². The zero-order chi connectivity index (χ0) is 18.7. The predicted molar refractivity (Wildman–Crippen MR) is 99.7 cm³/mol. The van der Waals surface area contributed by atoms with Crippen molar-refractivity contribution in [3.05, 3.63) is 30.0 Å². The van der Waals surface area contributed by atoms with E-state index in [4.69, 9.17) is 4.74 Å². The first-order valence-corrected chi connectivity index (χ1v) is 9.65. The van der Waals surface area contributed by atoms with Crippen molar-refractivity contribution in [2.45, 2.75) is 57.8 Å². The number of aromatic hydroxyl groups is 2. The number of rotatable bonds is 3. The molecule has 2 aliphatic heterocycles. The Balaban J connectivity index is 1.66. The summed E-state index contributed by atoms with van der Waals surface area (Å²) < 4.78 is 6.41. The van der Waals surface area contributed by atoms with E-state index < -0.39 is 5.79 Å². The summed E-state index contributed by atoms with van der Waals surface area (Å²) in [5, 5.41) is 33.7. The van der Waals surface area contributed by atoms with Gasteiger partial charge in [-0.2, -0.15) is 0 Å². The molecule has 1 spiro atoms. The Morgan fingerprint density at radius 3 is 2.69 bits per heavy atom. The normalized spacial score (nSPS) is 40.2. The Kier molecular flexibility index (Phi) is 4.01. The number of ether oxygens (including phenoxy) is 1. The molecule has 142 valence electrons. The smallest absolute Gasteiger partial charge is 0.173 e. The van der Waals surface area contributed by atoms with E-state index in [1.807, 2.05) is 6.20 Å². The monoisotopic (exact) mass is 359 g/mol. The average Bonchev–Trinajstić information content (AvgIpc) is 3.03. The SMILES string of the molecule is CC(C)C1CC23OC1(O)C/C(=C\Nc1ccc(O)c(O)c1)C2CCC3C. The summed E-state index contributed by atoms with van der Waals surface area (Å²) in [7, 11) is 0. The van der Waals surface area contributed by atoms with Gasteiger partial charge in [0.15, 0.2) is 17.3 Å². The van der Waals surface area contributed by atoms with Crippen LogP contribution in [0, 0.1) is 23.7 Å². The number of nitrogens with one attached hydrogen (secondary N) is 1. The van der Waals surface area contributed by atoms with Gasteiger partial charge in [0.1, 0.15) is 0 Å². The maximum absolute atomic E-state index is 11.3.